The fourth-order valence-corrected chi connectivity index (χ4v) is 4.64. The van der Waals surface area contributed by atoms with Gasteiger partial charge in [0.2, 0.25) is 0 Å². The van der Waals surface area contributed by atoms with Crippen molar-refractivity contribution >= 4 is 27.3 Å². The summed E-state index contributed by atoms with van der Waals surface area (Å²) in [5.41, 5.74) is 2.40. The molecule has 1 aliphatic rings. The molecule has 0 radical (unpaired) electrons. The quantitative estimate of drug-likeness (QED) is 0.917. The molecule has 116 valence electrons. The van der Waals surface area contributed by atoms with E-state index in [1.165, 1.54) is 10.4 Å². The maximum atomic E-state index is 13.1. The Morgan fingerprint density at radius 2 is 1.95 bits per heavy atom. The minimum Gasteiger partial charge on any atom is -0.311 e. The van der Waals surface area contributed by atoms with Gasteiger partial charge >= 0.3 is 0 Å². The number of sulfonamides is 1. The molecule has 1 aliphatic heterocycles. The summed E-state index contributed by atoms with van der Waals surface area (Å²) in [6.07, 6.45) is 0. The van der Waals surface area contributed by atoms with Gasteiger partial charge in [-0.15, -0.1) is 0 Å². The van der Waals surface area contributed by atoms with Gasteiger partial charge in [0.25, 0.3) is 10.0 Å². The van der Waals surface area contributed by atoms with Gasteiger partial charge in [0.15, 0.2) is 0 Å². The fourth-order valence-electron chi connectivity index (χ4n) is 2.65. The number of hydrogen-bond acceptors (Lipinski definition) is 3. The lowest BCUT2D eigenvalue weighted by Gasteiger charge is -2.25. The largest absolute Gasteiger partial charge is 0.311 e. The van der Waals surface area contributed by atoms with Crippen LogP contribution in [0.4, 0.5) is 5.69 Å². The smallest absolute Gasteiger partial charge is 0.264 e. The maximum Gasteiger partial charge on any atom is 0.264 e. The Hall–Kier alpha value is -1.56. The van der Waals surface area contributed by atoms with Crippen molar-refractivity contribution in [1.82, 2.24) is 5.32 Å². The van der Waals surface area contributed by atoms with E-state index in [1.807, 2.05) is 24.3 Å². The van der Waals surface area contributed by atoms with Crippen LogP contribution in [0.15, 0.2) is 47.4 Å². The fraction of sp³-hybridized carbons (Fsp3) is 0.250. The first-order valence-corrected chi connectivity index (χ1v) is 8.89. The molecule has 0 fully saturated rings. The summed E-state index contributed by atoms with van der Waals surface area (Å²) >= 11 is 6.00. The molecule has 1 heterocycles. The third kappa shape index (κ3) is 2.72. The van der Waals surface area contributed by atoms with E-state index >= 15 is 0 Å². The molecule has 2 aromatic carbocycles. The van der Waals surface area contributed by atoms with Crippen molar-refractivity contribution < 1.29 is 8.42 Å². The Balaban J connectivity index is 2.15. The van der Waals surface area contributed by atoms with Crippen LogP contribution in [0, 0.1) is 6.92 Å². The van der Waals surface area contributed by atoms with Crippen LogP contribution < -0.4 is 9.62 Å². The molecular weight excluding hydrogens is 320 g/mol. The number of halogens is 1. The van der Waals surface area contributed by atoms with Crippen LogP contribution in [0.2, 0.25) is 5.02 Å². The van der Waals surface area contributed by atoms with Crippen LogP contribution in [0.25, 0.3) is 0 Å². The van der Waals surface area contributed by atoms with E-state index in [-0.39, 0.29) is 4.90 Å². The summed E-state index contributed by atoms with van der Waals surface area (Å²) in [5.74, 6) is 0. The van der Waals surface area contributed by atoms with Crippen molar-refractivity contribution in [3.05, 3.63) is 58.6 Å². The first kappa shape index (κ1) is 15.3. The molecule has 0 aliphatic carbocycles. The Labute approximate surface area is 135 Å². The molecule has 0 spiro atoms. The number of nitrogens with zero attached hydrogens (tertiary/aromatic N) is 1. The van der Waals surface area contributed by atoms with E-state index in [0.717, 1.165) is 11.3 Å². The average Bonchev–Trinajstić information content (AvgIpc) is 2.72. The number of para-hydroxylation sites is 1. The normalized spacial score (nSPS) is 15.3. The Morgan fingerprint density at radius 3 is 2.77 bits per heavy atom. The molecule has 1 N–H and O–H groups in total. The van der Waals surface area contributed by atoms with Gasteiger partial charge < -0.3 is 5.32 Å². The summed E-state index contributed by atoms with van der Waals surface area (Å²) in [6.45, 7) is 3.45. The molecule has 3 rings (SSSR count). The molecule has 0 bridgehead atoms. The van der Waals surface area contributed by atoms with Crippen molar-refractivity contribution in [2.45, 2.75) is 18.4 Å². The third-order valence-corrected chi connectivity index (χ3v) is 5.98. The zero-order chi connectivity index (χ0) is 15.7. The SMILES string of the molecule is Cc1ccc(Cl)cc1S(=O)(=O)N1CCNCc2ccccc21. The molecular formula is C16H17ClN2O2S. The van der Waals surface area contributed by atoms with Gasteiger partial charge in [0.05, 0.1) is 10.6 Å². The lowest BCUT2D eigenvalue weighted by atomic mass is 10.2. The van der Waals surface area contributed by atoms with Gasteiger partial charge in [-0.05, 0) is 36.2 Å². The van der Waals surface area contributed by atoms with Gasteiger partial charge in [0, 0.05) is 24.7 Å². The van der Waals surface area contributed by atoms with Gasteiger partial charge in [-0.2, -0.15) is 0 Å². The first-order valence-electron chi connectivity index (χ1n) is 7.07. The molecule has 0 amide bonds. The number of hydrogen-bond donors (Lipinski definition) is 1. The maximum absolute atomic E-state index is 13.1. The van der Waals surface area contributed by atoms with E-state index < -0.39 is 10.0 Å². The minimum atomic E-state index is -3.64. The van der Waals surface area contributed by atoms with Crippen LogP contribution in [-0.4, -0.2) is 21.5 Å². The van der Waals surface area contributed by atoms with Crippen molar-refractivity contribution in [2.24, 2.45) is 0 Å². The Bertz CT molecular complexity index is 806. The van der Waals surface area contributed by atoms with E-state index in [9.17, 15) is 8.42 Å². The second-order valence-corrected chi connectivity index (χ2v) is 7.56. The summed E-state index contributed by atoms with van der Waals surface area (Å²) < 4.78 is 27.7. The van der Waals surface area contributed by atoms with Crippen LogP contribution >= 0.6 is 11.6 Å². The zero-order valence-corrected chi connectivity index (χ0v) is 13.8. The summed E-state index contributed by atoms with van der Waals surface area (Å²) in [4.78, 5) is 0.261. The number of benzene rings is 2. The molecule has 0 unspecified atom stereocenters. The first-order chi connectivity index (χ1) is 10.5. The second kappa shape index (κ2) is 5.91. The average molecular weight is 337 g/mol. The highest BCUT2D eigenvalue weighted by Gasteiger charge is 2.29. The topological polar surface area (TPSA) is 49.4 Å². The Kier molecular flexibility index (Phi) is 4.12. The number of fused-ring (bicyclic) bond motifs is 1. The Morgan fingerprint density at radius 1 is 1.18 bits per heavy atom. The predicted octanol–water partition coefficient (Wildman–Crippen LogP) is 2.95. The summed E-state index contributed by atoms with van der Waals surface area (Å²) in [5, 5.41) is 3.67. The van der Waals surface area contributed by atoms with Gasteiger partial charge in [-0.1, -0.05) is 35.9 Å². The highest BCUT2D eigenvalue weighted by molar-refractivity contribution is 7.92. The van der Waals surface area contributed by atoms with Crippen LogP contribution in [0.3, 0.4) is 0 Å². The highest BCUT2D eigenvalue weighted by Crippen LogP contribution is 2.30. The third-order valence-electron chi connectivity index (χ3n) is 3.79. The number of aryl methyl sites for hydroxylation is 1. The predicted molar refractivity (Wildman–Crippen MR) is 88.9 cm³/mol. The van der Waals surface area contributed by atoms with E-state index in [1.54, 1.807) is 19.1 Å². The van der Waals surface area contributed by atoms with E-state index in [2.05, 4.69) is 5.32 Å². The molecule has 6 heteroatoms. The van der Waals surface area contributed by atoms with Gasteiger partial charge in [-0.3, -0.25) is 4.31 Å². The standard InChI is InChI=1S/C16H17ClN2O2S/c1-12-6-7-14(17)10-16(12)22(20,21)19-9-8-18-11-13-4-2-3-5-15(13)19/h2-7,10,18H,8-9,11H2,1H3. The van der Waals surface area contributed by atoms with Crippen LogP contribution in [-0.2, 0) is 16.6 Å². The molecule has 2 aromatic rings. The van der Waals surface area contributed by atoms with Crippen molar-refractivity contribution in [1.29, 1.82) is 0 Å². The van der Waals surface area contributed by atoms with Crippen molar-refractivity contribution in [3.8, 4) is 0 Å². The second-order valence-electron chi connectivity index (χ2n) is 5.29. The van der Waals surface area contributed by atoms with Crippen LogP contribution in [0.1, 0.15) is 11.1 Å². The van der Waals surface area contributed by atoms with E-state index in [0.29, 0.717) is 30.2 Å². The highest BCUT2D eigenvalue weighted by atomic mass is 35.5. The van der Waals surface area contributed by atoms with Crippen molar-refractivity contribution in [2.75, 3.05) is 17.4 Å². The number of nitrogens with one attached hydrogen (secondary N) is 1. The number of anilines is 1. The molecule has 4 nitrogen and oxygen atoms in total. The summed E-state index contributed by atoms with van der Waals surface area (Å²) in [7, 11) is -3.64. The lowest BCUT2D eigenvalue weighted by molar-refractivity contribution is 0.589. The molecule has 0 atom stereocenters. The zero-order valence-electron chi connectivity index (χ0n) is 12.2. The molecule has 0 saturated carbocycles. The lowest BCUT2D eigenvalue weighted by Crippen LogP contribution is -2.35. The molecule has 0 saturated heterocycles. The number of rotatable bonds is 2. The van der Waals surface area contributed by atoms with Gasteiger partial charge in [-0.25, -0.2) is 8.42 Å². The van der Waals surface area contributed by atoms with Crippen LogP contribution in [0.5, 0.6) is 0 Å². The minimum absolute atomic E-state index is 0.261. The van der Waals surface area contributed by atoms with Gasteiger partial charge in [0.1, 0.15) is 0 Å². The van der Waals surface area contributed by atoms with Crippen molar-refractivity contribution in [3.63, 3.8) is 0 Å². The molecule has 22 heavy (non-hydrogen) atoms. The summed E-state index contributed by atoms with van der Waals surface area (Å²) in [6, 6.07) is 12.5. The molecule has 0 aromatic heterocycles. The monoisotopic (exact) mass is 336 g/mol. The van der Waals surface area contributed by atoms with E-state index in [4.69, 9.17) is 11.6 Å².